The first-order chi connectivity index (χ1) is 8.45. The van der Waals surface area contributed by atoms with E-state index < -0.39 is 10.0 Å². The third kappa shape index (κ3) is 3.27. The molecule has 3 N–H and O–H groups in total. The molecule has 2 heterocycles. The molecule has 18 heavy (non-hydrogen) atoms. The molecule has 1 aromatic rings. The van der Waals surface area contributed by atoms with Crippen molar-refractivity contribution < 1.29 is 8.42 Å². The lowest BCUT2D eigenvalue weighted by molar-refractivity contribution is 0.554. The number of nitrogens with two attached hydrogens (primary N) is 1. The maximum absolute atomic E-state index is 12.1. The Morgan fingerprint density at radius 2 is 2.33 bits per heavy atom. The highest BCUT2D eigenvalue weighted by Crippen LogP contribution is 2.37. The topological polar surface area (TPSA) is 72.2 Å². The van der Waals surface area contributed by atoms with Gasteiger partial charge in [0, 0.05) is 17.8 Å². The first-order valence-corrected chi connectivity index (χ1v) is 9.21. The predicted molar refractivity (Wildman–Crippen MR) is 77.5 cm³/mol. The van der Waals surface area contributed by atoms with Crippen LogP contribution in [0.4, 0.5) is 0 Å². The average molecular weight is 306 g/mol. The summed E-state index contributed by atoms with van der Waals surface area (Å²) in [6.07, 6.45) is 2.23. The highest BCUT2D eigenvalue weighted by atomic mass is 32.2. The molecular weight excluding hydrogens is 288 g/mol. The second-order valence-corrected chi connectivity index (χ2v) is 9.29. The summed E-state index contributed by atoms with van der Waals surface area (Å²) in [7, 11) is -3.38. The minimum atomic E-state index is -3.38. The van der Waals surface area contributed by atoms with E-state index in [0.717, 1.165) is 17.7 Å². The molecule has 0 aliphatic carbocycles. The van der Waals surface area contributed by atoms with Crippen LogP contribution >= 0.6 is 23.1 Å². The summed E-state index contributed by atoms with van der Waals surface area (Å²) in [5.41, 5.74) is 6.35. The Bertz CT molecular complexity index is 504. The van der Waals surface area contributed by atoms with Crippen LogP contribution in [-0.4, -0.2) is 25.5 Å². The molecule has 0 spiro atoms. The van der Waals surface area contributed by atoms with Gasteiger partial charge >= 0.3 is 0 Å². The Kier molecular flexibility index (Phi) is 4.38. The van der Waals surface area contributed by atoms with Gasteiger partial charge in [-0.1, -0.05) is 0 Å². The molecule has 1 atom stereocenters. The Morgan fingerprint density at radius 1 is 1.56 bits per heavy atom. The van der Waals surface area contributed by atoms with Crippen LogP contribution in [0.1, 0.15) is 25.3 Å². The van der Waals surface area contributed by atoms with Crippen molar-refractivity contribution in [2.24, 2.45) is 5.73 Å². The first-order valence-electron chi connectivity index (χ1n) is 5.86. The standard InChI is InChI=1S/C11H18N2O2S3/c1-11(3-2-4-17-11)8-13-18(14,15)10-5-9(6-12)7-16-10/h5,7,13H,2-4,6,8,12H2,1H3. The second kappa shape index (κ2) is 5.50. The van der Waals surface area contributed by atoms with E-state index in [1.54, 1.807) is 11.4 Å². The van der Waals surface area contributed by atoms with E-state index in [1.807, 2.05) is 11.8 Å². The zero-order chi connectivity index (χ0) is 13.2. The highest BCUT2D eigenvalue weighted by Gasteiger charge is 2.31. The number of hydrogen-bond acceptors (Lipinski definition) is 5. The molecule has 7 heteroatoms. The molecule has 1 fully saturated rings. The molecule has 1 aliphatic heterocycles. The molecule has 0 bridgehead atoms. The van der Waals surface area contributed by atoms with Crippen LogP contribution in [-0.2, 0) is 16.6 Å². The van der Waals surface area contributed by atoms with Crippen molar-refractivity contribution >= 4 is 33.1 Å². The Morgan fingerprint density at radius 3 is 2.89 bits per heavy atom. The van der Waals surface area contributed by atoms with Crippen LogP contribution < -0.4 is 10.5 Å². The van der Waals surface area contributed by atoms with Gasteiger partial charge in [-0.05, 0) is 42.5 Å². The number of thioether (sulfide) groups is 1. The quantitative estimate of drug-likeness (QED) is 0.869. The summed E-state index contributed by atoms with van der Waals surface area (Å²) in [4.78, 5) is 0. The van der Waals surface area contributed by atoms with Gasteiger partial charge in [0.15, 0.2) is 0 Å². The molecule has 4 nitrogen and oxygen atoms in total. The van der Waals surface area contributed by atoms with Crippen molar-refractivity contribution in [2.75, 3.05) is 12.3 Å². The lowest BCUT2D eigenvalue weighted by Gasteiger charge is -2.22. The second-order valence-electron chi connectivity index (χ2n) is 4.70. The zero-order valence-electron chi connectivity index (χ0n) is 10.3. The van der Waals surface area contributed by atoms with Crippen molar-refractivity contribution in [1.29, 1.82) is 0 Å². The molecule has 1 aliphatic rings. The Hall–Kier alpha value is -0.0800. The molecule has 1 aromatic heterocycles. The maximum Gasteiger partial charge on any atom is 0.250 e. The van der Waals surface area contributed by atoms with Crippen LogP contribution in [0.25, 0.3) is 0 Å². The molecule has 1 unspecified atom stereocenters. The zero-order valence-corrected chi connectivity index (χ0v) is 12.8. The lowest BCUT2D eigenvalue weighted by atomic mass is 10.1. The van der Waals surface area contributed by atoms with Crippen molar-refractivity contribution in [3.63, 3.8) is 0 Å². The molecule has 1 saturated heterocycles. The monoisotopic (exact) mass is 306 g/mol. The van der Waals surface area contributed by atoms with Crippen LogP contribution in [0.3, 0.4) is 0 Å². The number of rotatable bonds is 5. The van der Waals surface area contributed by atoms with Crippen molar-refractivity contribution in [3.05, 3.63) is 17.0 Å². The van der Waals surface area contributed by atoms with Gasteiger partial charge in [0.25, 0.3) is 0 Å². The fraction of sp³-hybridized carbons (Fsp3) is 0.636. The maximum atomic E-state index is 12.1. The van der Waals surface area contributed by atoms with Gasteiger partial charge < -0.3 is 5.73 Å². The van der Waals surface area contributed by atoms with Crippen LogP contribution in [0, 0.1) is 0 Å². The van der Waals surface area contributed by atoms with E-state index >= 15 is 0 Å². The SMILES string of the molecule is CC1(CNS(=O)(=O)c2cc(CN)cs2)CCCS1. The van der Waals surface area contributed by atoms with E-state index in [4.69, 9.17) is 5.73 Å². The minimum Gasteiger partial charge on any atom is -0.326 e. The molecule has 0 amide bonds. The van der Waals surface area contributed by atoms with Gasteiger partial charge in [-0.3, -0.25) is 0 Å². The van der Waals surface area contributed by atoms with Gasteiger partial charge in [0.1, 0.15) is 4.21 Å². The smallest absolute Gasteiger partial charge is 0.250 e. The average Bonchev–Trinajstić information content (AvgIpc) is 2.96. The van der Waals surface area contributed by atoms with Gasteiger partial charge in [-0.15, -0.1) is 11.3 Å². The fourth-order valence-corrected chi connectivity index (χ4v) is 5.67. The number of nitrogens with one attached hydrogen (secondary N) is 1. The number of sulfonamides is 1. The van der Waals surface area contributed by atoms with Gasteiger partial charge in [-0.2, -0.15) is 11.8 Å². The summed E-state index contributed by atoms with van der Waals surface area (Å²) < 4.78 is 27.3. The Labute approximate surface area is 116 Å². The van der Waals surface area contributed by atoms with Crippen LogP contribution in [0.15, 0.2) is 15.7 Å². The predicted octanol–water partition coefficient (Wildman–Crippen LogP) is 1.77. The van der Waals surface area contributed by atoms with E-state index in [1.165, 1.54) is 17.8 Å². The van der Waals surface area contributed by atoms with Gasteiger partial charge in [-0.25, -0.2) is 13.1 Å². The first kappa shape index (κ1) is 14.3. The summed E-state index contributed by atoms with van der Waals surface area (Å²) in [6.45, 7) is 2.99. The van der Waals surface area contributed by atoms with Crippen molar-refractivity contribution in [3.8, 4) is 0 Å². The largest absolute Gasteiger partial charge is 0.326 e. The molecule has 102 valence electrons. The summed E-state index contributed by atoms with van der Waals surface area (Å²) in [5.74, 6) is 1.12. The fourth-order valence-electron chi connectivity index (χ4n) is 1.90. The Balaban J connectivity index is 2.03. The number of thiophene rings is 1. The van der Waals surface area contributed by atoms with E-state index in [9.17, 15) is 8.42 Å². The molecule has 0 radical (unpaired) electrons. The van der Waals surface area contributed by atoms with E-state index in [0.29, 0.717) is 17.3 Å². The van der Waals surface area contributed by atoms with E-state index in [-0.39, 0.29) is 4.75 Å². The van der Waals surface area contributed by atoms with Gasteiger partial charge in [0.2, 0.25) is 10.0 Å². The molecule has 2 rings (SSSR count). The summed E-state index contributed by atoms with van der Waals surface area (Å²) >= 11 is 3.07. The summed E-state index contributed by atoms with van der Waals surface area (Å²) in [6, 6.07) is 1.65. The number of hydrogen-bond donors (Lipinski definition) is 2. The third-order valence-corrected chi connectivity index (χ3v) is 7.49. The van der Waals surface area contributed by atoms with Crippen molar-refractivity contribution in [1.82, 2.24) is 4.72 Å². The third-order valence-electron chi connectivity index (χ3n) is 3.07. The summed E-state index contributed by atoms with van der Waals surface area (Å²) in [5, 5.41) is 1.79. The van der Waals surface area contributed by atoms with Gasteiger partial charge in [0.05, 0.1) is 0 Å². The van der Waals surface area contributed by atoms with Crippen LogP contribution in [0.2, 0.25) is 0 Å². The molecular formula is C11H18N2O2S3. The van der Waals surface area contributed by atoms with E-state index in [2.05, 4.69) is 11.6 Å². The van der Waals surface area contributed by atoms with Crippen LogP contribution in [0.5, 0.6) is 0 Å². The normalized spacial score (nSPS) is 24.6. The van der Waals surface area contributed by atoms with Crippen molar-refractivity contribution in [2.45, 2.75) is 35.3 Å². The molecule has 0 saturated carbocycles. The lowest BCUT2D eigenvalue weighted by Crippen LogP contribution is -2.36. The minimum absolute atomic E-state index is 0.0427. The molecule has 0 aromatic carbocycles. The highest BCUT2D eigenvalue weighted by molar-refractivity contribution is 8.01.